The summed E-state index contributed by atoms with van der Waals surface area (Å²) in [6.45, 7) is 0.455. The summed E-state index contributed by atoms with van der Waals surface area (Å²) in [5.74, 6) is 0. The molecule has 0 spiro atoms. The Morgan fingerprint density at radius 2 is 2.19 bits per heavy atom. The zero-order chi connectivity index (χ0) is 11.1. The Hall–Kier alpha value is -1.58. The summed E-state index contributed by atoms with van der Waals surface area (Å²) in [4.78, 5) is 4.48. The molecular formula is C12H10ClN3. The van der Waals surface area contributed by atoms with Crippen LogP contribution < -0.4 is 5.73 Å². The van der Waals surface area contributed by atoms with E-state index in [1.54, 1.807) is 0 Å². The first kappa shape index (κ1) is 9.63. The van der Waals surface area contributed by atoms with E-state index in [0.717, 1.165) is 27.1 Å². The van der Waals surface area contributed by atoms with Crippen LogP contribution >= 0.6 is 11.6 Å². The van der Waals surface area contributed by atoms with Crippen LogP contribution in [0.4, 0.5) is 0 Å². The molecule has 3 aromatic rings. The Labute approximate surface area is 97.5 Å². The number of rotatable bonds is 1. The quantitative estimate of drug-likeness (QED) is 0.700. The number of nitrogens with zero attached hydrogens (tertiary/aromatic N) is 2. The van der Waals surface area contributed by atoms with Gasteiger partial charge >= 0.3 is 0 Å². The molecule has 1 aromatic carbocycles. The van der Waals surface area contributed by atoms with Gasteiger partial charge in [0.05, 0.1) is 5.69 Å². The molecule has 0 aliphatic carbocycles. The maximum absolute atomic E-state index is 5.96. The predicted molar refractivity (Wildman–Crippen MR) is 65.6 cm³/mol. The van der Waals surface area contributed by atoms with E-state index in [-0.39, 0.29) is 0 Å². The molecule has 2 heterocycles. The van der Waals surface area contributed by atoms with Gasteiger partial charge in [0.1, 0.15) is 5.65 Å². The Bertz CT molecular complexity index is 672. The number of benzene rings is 1. The van der Waals surface area contributed by atoms with Gasteiger partial charge in [0.15, 0.2) is 0 Å². The van der Waals surface area contributed by atoms with Gasteiger partial charge in [-0.05, 0) is 29.7 Å². The number of fused-ring (bicyclic) bond motifs is 3. The van der Waals surface area contributed by atoms with Crippen LogP contribution in [0, 0.1) is 0 Å². The summed E-state index contributed by atoms with van der Waals surface area (Å²) in [6, 6.07) is 7.82. The topological polar surface area (TPSA) is 43.3 Å². The van der Waals surface area contributed by atoms with E-state index in [9.17, 15) is 0 Å². The summed E-state index contributed by atoms with van der Waals surface area (Å²) in [7, 11) is 0. The molecule has 0 aliphatic rings. The van der Waals surface area contributed by atoms with Gasteiger partial charge in [-0.2, -0.15) is 0 Å². The largest absolute Gasteiger partial charge is 0.325 e. The molecule has 0 amide bonds. The van der Waals surface area contributed by atoms with E-state index in [2.05, 4.69) is 4.98 Å². The van der Waals surface area contributed by atoms with Gasteiger partial charge in [-0.25, -0.2) is 4.98 Å². The molecule has 0 fully saturated rings. The molecular weight excluding hydrogens is 222 g/mol. The zero-order valence-electron chi connectivity index (χ0n) is 8.52. The third kappa shape index (κ3) is 1.37. The average molecular weight is 232 g/mol. The second-order valence-electron chi connectivity index (χ2n) is 3.71. The lowest BCUT2D eigenvalue weighted by Gasteiger charge is -2.00. The molecule has 0 unspecified atom stereocenters. The van der Waals surface area contributed by atoms with Crippen LogP contribution in [-0.2, 0) is 6.54 Å². The van der Waals surface area contributed by atoms with Crippen molar-refractivity contribution in [3.8, 4) is 0 Å². The minimum atomic E-state index is 0.455. The van der Waals surface area contributed by atoms with Crippen LogP contribution in [0.1, 0.15) is 5.69 Å². The van der Waals surface area contributed by atoms with E-state index in [1.807, 2.05) is 41.1 Å². The number of nitrogens with two attached hydrogens (primary N) is 1. The number of hydrogen-bond donors (Lipinski definition) is 1. The molecule has 0 aliphatic heterocycles. The standard InChI is InChI=1S/C12H10ClN3/c13-9-1-2-11-8(5-9)3-4-16-7-10(6-14)15-12(11)16/h1-5,7H,6,14H2. The zero-order valence-corrected chi connectivity index (χ0v) is 9.28. The normalized spacial score (nSPS) is 11.4. The number of pyridine rings is 1. The van der Waals surface area contributed by atoms with Crippen LogP contribution in [-0.4, -0.2) is 9.38 Å². The lowest BCUT2D eigenvalue weighted by Crippen LogP contribution is -1.95. The van der Waals surface area contributed by atoms with Crippen molar-refractivity contribution in [1.82, 2.24) is 9.38 Å². The first-order valence-electron chi connectivity index (χ1n) is 5.04. The summed E-state index contributed by atoms with van der Waals surface area (Å²) in [5, 5.41) is 2.92. The van der Waals surface area contributed by atoms with Crippen LogP contribution in [0.2, 0.25) is 5.02 Å². The summed E-state index contributed by atoms with van der Waals surface area (Å²) >= 11 is 5.96. The summed E-state index contributed by atoms with van der Waals surface area (Å²) in [6.07, 6.45) is 3.92. The van der Waals surface area contributed by atoms with Gasteiger partial charge in [-0.1, -0.05) is 11.6 Å². The van der Waals surface area contributed by atoms with E-state index in [1.165, 1.54) is 0 Å². The molecule has 3 rings (SSSR count). The third-order valence-corrected chi connectivity index (χ3v) is 2.90. The van der Waals surface area contributed by atoms with Crippen LogP contribution in [0.25, 0.3) is 16.4 Å². The Kier molecular flexibility index (Phi) is 2.09. The molecule has 0 saturated heterocycles. The van der Waals surface area contributed by atoms with Crippen molar-refractivity contribution in [3.63, 3.8) is 0 Å². The smallest absolute Gasteiger partial charge is 0.144 e. The van der Waals surface area contributed by atoms with Crippen molar-refractivity contribution in [2.24, 2.45) is 5.73 Å². The second-order valence-corrected chi connectivity index (χ2v) is 4.15. The minimum absolute atomic E-state index is 0.455. The van der Waals surface area contributed by atoms with Crippen molar-refractivity contribution >= 4 is 28.0 Å². The Balaban J connectivity index is 2.43. The van der Waals surface area contributed by atoms with Crippen molar-refractivity contribution in [1.29, 1.82) is 0 Å². The van der Waals surface area contributed by atoms with Gasteiger partial charge < -0.3 is 10.1 Å². The maximum atomic E-state index is 5.96. The van der Waals surface area contributed by atoms with Crippen molar-refractivity contribution in [3.05, 3.63) is 47.4 Å². The van der Waals surface area contributed by atoms with Crippen molar-refractivity contribution in [2.45, 2.75) is 6.54 Å². The molecule has 0 bridgehead atoms. The second kappa shape index (κ2) is 3.47. The summed E-state index contributed by atoms with van der Waals surface area (Å²) in [5.41, 5.74) is 7.40. The predicted octanol–water partition coefficient (Wildman–Crippen LogP) is 2.60. The molecule has 0 saturated carbocycles. The monoisotopic (exact) mass is 231 g/mol. The fraction of sp³-hybridized carbons (Fsp3) is 0.0833. The van der Waals surface area contributed by atoms with Crippen LogP contribution in [0.5, 0.6) is 0 Å². The van der Waals surface area contributed by atoms with Crippen LogP contribution in [0.15, 0.2) is 36.7 Å². The van der Waals surface area contributed by atoms with Gasteiger partial charge in [-0.15, -0.1) is 0 Å². The molecule has 0 radical (unpaired) electrons. The number of aromatic nitrogens is 2. The molecule has 16 heavy (non-hydrogen) atoms. The van der Waals surface area contributed by atoms with E-state index < -0.39 is 0 Å². The van der Waals surface area contributed by atoms with Crippen molar-refractivity contribution in [2.75, 3.05) is 0 Å². The molecule has 80 valence electrons. The number of halogens is 1. The first-order chi connectivity index (χ1) is 7.78. The maximum Gasteiger partial charge on any atom is 0.144 e. The van der Waals surface area contributed by atoms with E-state index >= 15 is 0 Å². The first-order valence-corrected chi connectivity index (χ1v) is 5.41. The van der Waals surface area contributed by atoms with Crippen molar-refractivity contribution < 1.29 is 0 Å². The highest BCUT2D eigenvalue weighted by Crippen LogP contribution is 2.23. The van der Waals surface area contributed by atoms with E-state index in [4.69, 9.17) is 17.3 Å². The highest BCUT2D eigenvalue weighted by molar-refractivity contribution is 6.31. The minimum Gasteiger partial charge on any atom is -0.325 e. The van der Waals surface area contributed by atoms with Gasteiger partial charge in [-0.3, -0.25) is 0 Å². The Morgan fingerprint density at radius 3 is 3.00 bits per heavy atom. The lowest BCUT2D eigenvalue weighted by atomic mass is 10.2. The molecule has 2 N–H and O–H groups in total. The highest BCUT2D eigenvalue weighted by Gasteiger charge is 2.04. The highest BCUT2D eigenvalue weighted by atomic mass is 35.5. The Morgan fingerprint density at radius 1 is 1.31 bits per heavy atom. The number of imidazole rings is 1. The SMILES string of the molecule is NCc1cn2ccc3cc(Cl)ccc3c2n1. The fourth-order valence-corrected chi connectivity index (χ4v) is 2.07. The fourth-order valence-electron chi connectivity index (χ4n) is 1.89. The van der Waals surface area contributed by atoms with Gasteiger partial charge in [0.2, 0.25) is 0 Å². The van der Waals surface area contributed by atoms with E-state index in [0.29, 0.717) is 6.54 Å². The molecule has 4 heteroatoms. The van der Waals surface area contributed by atoms with Crippen LogP contribution in [0.3, 0.4) is 0 Å². The molecule has 3 nitrogen and oxygen atoms in total. The summed E-state index contributed by atoms with van der Waals surface area (Å²) < 4.78 is 1.98. The third-order valence-electron chi connectivity index (χ3n) is 2.66. The van der Waals surface area contributed by atoms with Gasteiger partial charge in [0.25, 0.3) is 0 Å². The molecule has 0 atom stereocenters. The number of hydrogen-bond acceptors (Lipinski definition) is 2. The molecule has 2 aromatic heterocycles. The average Bonchev–Trinajstić information content (AvgIpc) is 2.71. The van der Waals surface area contributed by atoms with Gasteiger partial charge in [0, 0.05) is 29.3 Å². The lowest BCUT2D eigenvalue weighted by molar-refractivity contribution is 1.02.